The van der Waals surface area contributed by atoms with Crippen LogP contribution in [0.1, 0.15) is 29.0 Å². The van der Waals surface area contributed by atoms with Gasteiger partial charge >= 0.3 is 0 Å². The minimum atomic E-state index is -1.82. The van der Waals surface area contributed by atoms with Crippen LogP contribution in [0.25, 0.3) is 11.1 Å². The van der Waals surface area contributed by atoms with Crippen LogP contribution in [-0.2, 0) is 0 Å². The van der Waals surface area contributed by atoms with E-state index in [-0.39, 0.29) is 18.1 Å². The van der Waals surface area contributed by atoms with E-state index < -0.39 is 23.7 Å². The average Bonchev–Trinajstić information content (AvgIpc) is 3.23. The molecule has 0 bridgehead atoms. The van der Waals surface area contributed by atoms with E-state index in [0.717, 1.165) is 0 Å². The monoisotopic (exact) mass is 474 g/mol. The highest BCUT2D eigenvalue weighted by Crippen LogP contribution is 2.31. The molecule has 1 amide bonds. The van der Waals surface area contributed by atoms with Crippen molar-refractivity contribution in [1.29, 1.82) is 0 Å². The molecule has 3 atom stereocenters. The van der Waals surface area contributed by atoms with Crippen molar-refractivity contribution < 1.29 is 20.1 Å². The van der Waals surface area contributed by atoms with Crippen molar-refractivity contribution in [3.8, 4) is 11.1 Å². The number of benzene rings is 1. The number of aliphatic hydroxyl groups excluding tert-OH is 2. The number of hydrogen-bond acceptors (Lipinski definition) is 6. The van der Waals surface area contributed by atoms with Crippen LogP contribution in [0.15, 0.2) is 48.8 Å². The standard InChI is InChI=1S/C21H21BCl2N4O4/c1-21(32,20(22)31)28-18-7-14(15(24)9-26-18)12-6-16(25-8-12)19(30)27-17(10-29)11-3-2-4-13(23)5-11/h2-9,17,20,25,29,31-32H,10H2,1H3,(H,26,28)(H,27,30)/t17-,20?,21?/m1/s1. The Balaban J connectivity index is 1.80. The lowest BCUT2D eigenvalue weighted by Gasteiger charge is -2.28. The van der Waals surface area contributed by atoms with Crippen LogP contribution in [0.4, 0.5) is 5.82 Å². The van der Waals surface area contributed by atoms with E-state index in [1.807, 2.05) is 0 Å². The van der Waals surface area contributed by atoms with Crippen molar-refractivity contribution in [3.63, 3.8) is 0 Å². The van der Waals surface area contributed by atoms with Gasteiger partial charge in [-0.1, -0.05) is 35.3 Å². The zero-order chi connectivity index (χ0) is 23.5. The largest absolute Gasteiger partial charge is 0.398 e. The molecule has 2 heterocycles. The molecule has 3 rings (SSSR count). The van der Waals surface area contributed by atoms with Crippen molar-refractivity contribution >= 4 is 42.8 Å². The summed E-state index contributed by atoms with van der Waals surface area (Å²) in [5.41, 5.74) is 0.201. The third-order valence-corrected chi connectivity index (χ3v) is 5.33. The lowest BCUT2D eigenvalue weighted by Crippen LogP contribution is -2.47. The normalized spacial score (nSPS) is 14.9. The van der Waals surface area contributed by atoms with E-state index in [0.29, 0.717) is 26.7 Å². The highest BCUT2D eigenvalue weighted by molar-refractivity contribution is 6.33. The number of aliphatic hydroxyl groups is 3. The molecule has 0 saturated heterocycles. The maximum absolute atomic E-state index is 12.7. The number of amides is 1. The predicted molar refractivity (Wildman–Crippen MR) is 124 cm³/mol. The van der Waals surface area contributed by atoms with Gasteiger partial charge in [-0.2, -0.15) is 0 Å². The van der Waals surface area contributed by atoms with E-state index in [9.17, 15) is 20.1 Å². The molecule has 2 unspecified atom stereocenters. The Labute approximate surface area is 196 Å². The summed E-state index contributed by atoms with van der Waals surface area (Å²) in [6.07, 6.45) is 2.95. The van der Waals surface area contributed by atoms with Gasteiger partial charge in [0, 0.05) is 28.5 Å². The molecule has 2 aromatic heterocycles. The average molecular weight is 475 g/mol. The quantitative estimate of drug-likeness (QED) is 0.219. The molecular formula is C21H21BCl2N4O4. The fraction of sp³-hybridized carbons (Fsp3) is 0.238. The Bertz CT molecular complexity index is 1110. The molecule has 0 saturated carbocycles. The van der Waals surface area contributed by atoms with Gasteiger partial charge in [-0.25, -0.2) is 4.98 Å². The molecule has 3 aromatic rings. The number of nitrogens with one attached hydrogen (secondary N) is 3. The molecule has 0 spiro atoms. The molecular weight excluding hydrogens is 454 g/mol. The minimum Gasteiger partial charge on any atom is -0.398 e. The van der Waals surface area contributed by atoms with E-state index in [2.05, 4.69) is 20.6 Å². The summed E-state index contributed by atoms with van der Waals surface area (Å²) < 4.78 is 0. The van der Waals surface area contributed by atoms with Crippen molar-refractivity contribution in [2.24, 2.45) is 0 Å². The third-order valence-electron chi connectivity index (χ3n) is 4.79. The van der Waals surface area contributed by atoms with E-state index >= 15 is 0 Å². The summed E-state index contributed by atoms with van der Waals surface area (Å²) in [7, 11) is 5.35. The fourth-order valence-corrected chi connectivity index (χ4v) is 3.35. The smallest absolute Gasteiger partial charge is 0.268 e. The van der Waals surface area contributed by atoms with E-state index in [1.54, 1.807) is 42.6 Å². The van der Waals surface area contributed by atoms with Crippen LogP contribution in [0.2, 0.25) is 10.0 Å². The van der Waals surface area contributed by atoms with Crippen LogP contribution < -0.4 is 10.6 Å². The Morgan fingerprint density at radius 1 is 1.31 bits per heavy atom. The molecule has 6 N–H and O–H groups in total. The topological polar surface area (TPSA) is 130 Å². The van der Waals surface area contributed by atoms with Gasteiger partial charge in [0.15, 0.2) is 5.72 Å². The number of hydrogen-bond donors (Lipinski definition) is 6. The minimum absolute atomic E-state index is 0.215. The first-order chi connectivity index (χ1) is 15.1. The van der Waals surface area contributed by atoms with Crippen LogP contribution in [-0.4, -0.2) is 57.4 Å². The van der Waals surface area contributed by atoms with Gasteiger partial charge in [0.1, 0.15) is 19.4 Å². The Morgan fingerprint density at radius 2 is 2.06 bits per heavy atom. The number of aromatic nitrogens is 2. The number of carbonyl (C=O) groups is 1. The van der Waals surface area contributed by atoms with Crippen LogP contribution in [0.5, 0.6) is 0 Å². The van der Waals surface area contributed by atoms with Crippen LogP contribution >= 0.6 is 23.2 Å². The van der Waals surface area contributed by atoms with Crippen molar-refractivity contribution in [1.82, 2.24) is 15.3 Å². The Morgan fingerprint density at radius 3 is 2.72 bits per heavy atom. The molecule has 32 heavy (non-hydrogen) atoms. The first-order valence-electron chi connectivity index (χ1n) is 9.56. The van der Waals surface area contributed by atoms with Gasteiger partial charge in [0.2, 0.25) is 0 Å². The number of halogens is 2. The summed E-state index contributed by atoms with van der Waals surface area (Å²) in [5, 5.41) is 35.5. The fourth-order valence-electron chi connectivity index (χ4n) is 2.94. The summed E-state index contributed by atoms with van der Waals surface area (Å²) in [6.45, 7) is 0.988. The molecule has 2 radical (unpaired) electrons. The third kappa shape index (κ3) is 5.62. The van der Waals surface area contributed by atoms with Crippen LogP contribution in [0, 0.1) is 0 Å². The maximum Gasteiger partial charge on any atom is 0.268 e. The molecule has 0 fully saturated rings. The lowest BCUT2D eigenvalue weighted by atomic mass is 9.90. The second-order valence-electron chi connectivity index (χ2n) is 7.33. The predicted octanol–water partition coefficient (Wildman–Crippen LogP) is 2.45. The summed E-state index contributed by atoms with van der Waals surface area (Å²) in [6, 6.07) is 7.80. The number of rotatable bonds is 8. The molecule has 11 heteroatoms. The van der Waals surface area contributed by atoms with Gasteiger partial charge in [0.25, 0.3) is 5.91 Å². The number of H-pyrrole nitrogens is 1. The van der Waals surface area contributed by atoms with Gasteiger partial charge in [-0.15, -0.1) is 0 Å². The van der Waals surface area contributed by atoms with Gasteiger partial charge in [-0.3, -0.25) is 4.79 Å². The molecule has 0 aliphatic rings. The Hall–Kier alpha value is -2.56. The van der Waals surface area contributed by atoms with Crippen molar-refractivity contribution in [2.75, 3.05) is 11.9 Å². The van der Waals surface area contributed by atoms with Gasteiger partial charge in [-0.05, 0) is 36.8 Å². The van der Waals surface area contributed by atoms with Gasteiger partial charge in [0.05, 0.1) is 23.7 Å². The second kappa shape index (κ2) is 9.93. The summed E-state index contributed by atoms with van der Waals surface area (Å²) >= 11 is 12.3. The highest BCUT2D eigenvalue weighted by atomic mass is 35.5. The van der Waals surface area contributed by atoms with E-state index in [1.165, 1.54) is 13.1 Å². The SMILES string of the molecule is [B]C(O)C(C)(O)Nc1cc(-c2c[nH]c(C(=O)N[C@H](CO)c3cccc(Cl)c3)c2)c(Cl)cn1. The van der Waals surface area contributed by atoms with Crippen molar-refractivity contribution in [2.45, 2.75) is 24.7 Å². The molecule has 0 aliphatic carbocycles. The molecule has 8 nitrogen and oxygen atoms in total. The lowest BCUT2D eigenvalue weighted by molar-refractivity contribution is 0.00198. The molecule has 1 aromatic carbocycles. The first-order valence-corrected chi connectivity index (χ1v) is 10.3. The maximum atomic E-state index is 12.7. The Kier molecular flexibility index (Phi) is 7.48. The number of aromatic amines is 1. The zero-order valence-corrected chi connectivity index (χ0v) is 18.5. The summed E-state index contributed by atoms with van der Waals surface area (Å²) in [4.78, 5) is 19.7. The van der Waals surface area contributed by atoms with Crippen LogP contribution in [0.3, 0.4) is 0 Å². The second-order valence-corrected chi connectivity index (χ2v) is 8.18. The number of anilines is 1. The number of carbonyl (C=O) groups excluding carboxylic acids is 1. The summed E-state index contributed by atoms with van der Waals surface area (Å²) in [5.74, 6) is -0.222. The number of pyridine rings is 1. The molecule has 0 aliphatic heterocycles. The number of nitrogens with zero attached hydrogens (tertiary/aromatic N) is 1. The highest BCUT2D eigenvalue weighted by Gasteiger charge is 2.26. The first kappa shape index (κ1) is 24.1. The van der Waals surface area contributed by atoms with Crippen molar-refractivity contribution in [3.05, 3.63) is 70.1 Å². The van der Waals surface area contributed by atoms with E-state index in [4.69, 9.17) is 31.0 Å². The van der Waals surface area contributed by atoms with Gasteiger partial charge < -0.3 is 30.9 Å². The molecule has 166 valence electrons. The zero-order valence-electron chi connectivity index (χ0n) is 17.0.